The fraction of sp³-hybridized carbons (Fsp3) is 0.0714. The minimum Gasteiger partial charge on any atom is -0.505 e. The van der Waals surface area contributed by atoms with Crippen molar-refractivity contribution >= 4 is 111 Å². The molecule has 0 unspecified atom stereocenters. The van der Waals surface area contributed by atoms with Crippen LogP contribution >= 0.6 is 35.2 Å². The molecule has 0 radical (unpaired) electrons. The summed E-state index contributed by atoms with van der Waals surface area (Å²) < 4.78 is 98.0. The van der Waals surface area contributed by atoms with E-state index < -0.39 is 59.3 Å². The minimum atomic E-state index is -4.92. The summed E-state index contributed by atoms with van der Waals surface area (Å²) in [5.74, 6) is -2.32. The van der Waals surface area contributed by atoms with Gasteiger partial charge in [-0.1, -0.05) is 11.1 Å². The number of carbonyl (C=O) groups excluding carboxylic acids is 1. The number of sulfone groups is 1. The number of nitrogens with one attached hydrogen (secondary N) is 2. The molecule has 0 fully saturated rings. The number of fused-ring (bicyclic) bond motifs is 1. The Labute approximate surface area is 324 Å². The Morgan fingerprint density at radius 3 is 2.22 bits per heavy atom. The van der Waals surface area contributed by atoms with Crippen molar-refractivity contribution in [3.8, 4) is 5.75 Å². The molecule has 0 saturated carbocycles. The van der Waals surface area contributed by atoms with Gasteiger partial charge in [0.15, 0.2) is 15.6 Å². The molecule has 55 heavy (non-hydrogen) atoms. The number of rotatable bonds is 15. The maximum Gasteiger partial charge on any atom is 0.397 e. The lowest BCUT2D eigenvalue weighted by molar-refractivity contribution is -0.432. The molecule has 0 saturated heterocycles. The van der Waals surface area contributed by atoms with E-state index in [4.69, 9.17) is 33.0 Å². The Bertz CT molecular complexity index is 2640. The largest absolute Gasteiger partial charge is 0.505 e. The zero-order valence-electron chi connectivity index (χ0n) is 26.8. The summed E-state index contributed by atoms with van der Waals surface area (Å²) in [5, 5.41) is 36.3. The third kappa shape index (κ3) is 11.0. The third-order valence-corrected chi connectivity index (χ3v) is 10.9. The molecule has 21 nitrogen and oxygen atoms in total. The maximum atomic E-state index is 13.0. The van der Waals surface area contributed by atoms with Crippen molar-refractivity contribution in [1.82, 2.24) is 15.0 Å². The highest BCUT2D eigenvalue weighted by atomic mass is 35.5. The van der Waals surface area contributed by atoms with E-state index in [2.05, 4.69) is 49.4 Å². The molecule has 0 aliphatic rings. The molecule has 0 bridgehead atoms. The van der Waals surface area contributed by atoms with Gasteiger partial charge < -0.3 is 15.7 Å². The highest BCUT2D eigenvalue weighted by Crippen LogP contribution is 2.46. The Hall–Kier alpha value is -4.64. The first-order valence-electron chi connectivity index (χ1n) is 14.4. The second kappa shape index (κ2) is 17.0. The number of phenolic OH excluding ortho intramolecular Hbond substituents is 1. The quantitative estimate of drug-likeness (QED) is 0.0241. The van der Waals surface area contributed by atoms with Crippen LogP contribution in [0.2, 0.25) is 10.6 Å². The van der Waals surface area contributed by atoms with Crippen LogP contribution in [-0.4, -0.2) is 77.9 Å². The zero-order chi connectivity index (χ0) is 40.1. The fourth-order valence-corrected chi connectivity index (χ4v) is 7.54. The average Bonchev–Trinajstić information content (AvgIpc) is 3.09. The number of azo groups is 1. The van der Waals surface area contributed by atoms with Gasteiger partial charge in [0.25, 0.3) is 16.0 Å². The van der Waals surface area contributed by atoms with E-state index in [0.29, 0.717) is 12.0 Å². The maximum absolute atomic E-state index is 13.0. The SMILES string of the molecule is O=C(Nc1ccc(S(=O)(=O)CCOS(=O)(=O)O)cc1)c1cccc(N=Nc2c(SOOO)cc3cc(S(=O)(=O)O)c(Nc4nc(Cl)nc(Cl)n4)cc3c2O)c1. The van der Waals surface area contributed by atoms with E-state index >= 15 is 0 Å². The highest BCUT2D eigenvalue weighted by molar-refractivity contribution is 7.94. The zero-order valence-corrected chi connectivity index (χ0v) is 31.5. The number of phenols is 1. The predicted octanol–water partition coefficient (Wildman–Crippen LogP) is 5.72. The van der Waals surface area contributed by atoms with E-state index in [1.807, 2.05) is 0 Å². The van der Waals surface area contributed by atoms with Crippen LogP contribution in [0.4, 0.5) is 28.7 Å². The van der Waals surface area contributed by atoms with Crippen molar-refractivity contribution in [2.75, 3.05) is 23.0 Å². The topological polar surface area (TPSA) is 316 Å². The highest BCUT2D eigenvalue weighted by Gasteiger charge is 2.23. The molecule has 0 aliphatic heterocycles. The van der Waals surface area contributed by atoms with E-state index in [1.165, 1.54) is 54.6 Å². The summed E-state index contributed by atoms with van der Waals surface area (Å²) in [7, 11) is -13.7. The molecule has 5 rings (SSSR count). The van der Waals surface area contributed by atoms with E-state index in [-0.39, 0.29) is 65.4 Å². The Balaban J connectivity index is 1.42. The molecule has 0 atom stereocenters. The number of aromatic hydroxyl groups is 1. The summed E-state index contributed by atoms with van der Waals surface area (Å²) in [6.07, 6.45) is 0. The number of hydrogen-bond acceptors (Lipinski definition) is 19. The molecular formula is C28H21Cl2N7O14S4. The van der Waals surface area contributed by atoms with Crippen molar-refractivity contribution in [3.05, 3.63) is 82.9 Å². The molecule has 4 aromatic carbocycles. The van der Waals surface area contributed by atoms with Gasteiger partial charge in [-0.25, -0.2) is 17.9 Å². The van der Waals surface area contributed by atoms with Crippen LogP contribution in [0.3, 0.4) is 0 Å². The smallest absolute Gasteiger partial charge is 0.397 e. The lowest BCUT2D eigenvalue weighted by Gasteiger charge is -2.14. The van der Waals surface area contributed by atoms with Crippen LogP contribution in [0.1, 0.15) is 10.4 Å². The number of carbonyl (C=O) groups is 1. The standard InChI is InChI=1S/C28H21Cl2N7O14S4/c29-26-33-27(30)35-28(34-26)32-20-13-19-15(12-22(20)54(43,44)45)11-21(52-51-50-40)23(24(19)38)37-36-17-3-1-2-14(10-17)25(39)31-16-4-6-18(7-5-16)53(41,42)9-8-49-55(46,47)48/h1-7,10-13,38,40H,8-9H2,(H,31,39)(H,43,44,45)(H,46,47,48)(H,32,33,34,35). The second-order valence-electron chi connectivity index (χ2n) is 10.5. The predicted molar refractivity (Wildman–Crippen MR) is 194 cm³/mol. The third-order valence-electron chi connectivity index (χ3n) is 6.84. The number of anilines is 3. The van der Waals surface area contributed by atoms with Crippen molar-refractivity contribution < 1.29 is 63.1 Å². The number of halogens is 2. The molecule has 1 heterocycles. The van der Waals surface area contributed by atoms with Gasteiger partial charge in [0.05, 0.1) is 45.6 Å². The summed E-state index contributed by atoms with van der Waals surface area (Å²) in [6, 6.07) is 13.9. The lowest BCUT2D eigenvalue weighted by atomic mass is 10.1. The number of benzene rings is 4. The van der Waals surface area contributed by atoms with Crippen molar-refractivity contribution in [2.45, 2.75) is 14.7 Å². The van der Waals surface area contributed by atoms with Crippen LogP contribution in [0.25, 0.3) is 10.8 Å². The van der Waals surface area contributed by atoms with Crippen molar-refractivity contribution in [2.24, 2.45) is 10.2 Å². The van der Waals surface area contributed by atoms with Gasteiger partial charge in [0.2, 0.25) is 16.5 Å². The van der Waals surface area contributed by atoms with Gasteiger partial charge in [0.1, 0.15) is 10.6 Å². The van der Waals surface area contributed by atoms with Crippen molar-refractivity contribution in [1.29, 1.82) is 0 Å². The molecule has 5 aromatic rings. The number of hydrogen-bond donors (Lipinski definition) is 6. The minimum absolute atomic E-state index is 0.0147. The van der Waals surface area contributed by atoms with Gasteiger partial charge >= 0.3 is 10.4 Å². The molecule has 290 valence electrons. The van der Waals surface area contributed by atoms with Gasteiger partial charge in [-0.2, -0.15) is 36.9 Å². The lowest BCUT2D eigenvalue weighted by Crippen LogP contribution is -2.15. The molecule has 1 aromatic heterocycles. The van der Waals surface area contributed by atoms with Crippen LogP contribution < -0.4 is 10.6 Å². The van der Waals surface area contributed by atoms with Gasteiger partial charge in [-0.15, -0.1) is 9.45 Å². The molecule has 0 spiro atoms. The van der Waals surface area contributed by atoms with Gasteiger partial charge in [-0.3, -0.25) is 13.9 Å². The van der Waals surface area contributed by atoms with E-state index in [1.54, 1.807) is 0 Å². The summed E-state index contributed by atoms with van der Waals surface area (Å²) in [5.41, 5.74) is -0.282. The normalized spacial score (nSPS) is 12.3. The van der Waals surface area contributed by atoms with Crippen LogP contribution in [0.5, 0.6) is 5.75 Å². The van der Waals surface area contributed by atoms with Crippen LogP contribution in [0, 0.1) is 0 Å². The van der Waals surface area contributed by atoms with E-state index in [9.17, 15) is 39.7 Å². The summed E-state index contributed by atoms with van der Waals surface area (Å²) in [4.78, 5) is 23.3. The Kier molecular flexibility index (Phi) is 12.8. The van der Waals surface area contributed by atoms with Gasteiger partial charge in [-0.05, 0) is 89.3 Å². The monoisotopic (exact) mass is 877 g/mol. The average molecular weight is 879 g/mol. The molecule has 27 heteroatoms. The fourth-order valence-electron chi connectivity index (χ4n) is 4.53. The number of amides is 1. The number of aromatic nitrogens is 3. The number of nitrogens with zero attached hydrogens (tertiary/aromatic N) is 5. The van der Waals surface area contributed by atoms with Crippen LogP contribution in [0.15, 0.2) is 91.6 Å². The first-order valence-corrected chi connectivity index (χ1v) is 20.4. The molecule has 0 aliphatic carbocycles. The van der Waals surface area contributed by atoms with Gasteiger partial charge in [0, 0.05) is 16.6 Å². The molecule has 1 amide bonds. The summed E-state index contributed by atoms with van der Waals surface area (Å²) in [6.45, 7) is -0.815. The molecule has 6 N–H and O–H groups in total. The van der Waals surface area contributed by atoms with E-state index in [0.717, 1.165) is 12.1 Å². The molecular weight excluding hydrogens is 858 g/mol. The second-order valence-corrected chi connectivity index (χ2v) is 16.5. The Morgan fingerprint density at radius 2 is 1.58 bits per heavy atom. The van der Waals surface area contributed by atoms with Crippen LogP contribution in [-0.2, 0) is 43.9 Å². The summed E-state index contributed by atoms with van der Waals surface area (Å²) >= 11 is 12.0. The van der Waals surface area contributed by atoms with Crippen molar-refractivity contribution in [3.63, 3.8) is 0 Å². The first-order chi connectivity index (χ1) is 25.8. The first kappa shape index (κ1) is 41.5. The Morgan fingerprint density at radius 1 is 0.891 bits per heavy atom.